The fourth-order valence-electron chi connectivity index (χ4n) is 2.67. The molecule has 0 N–H and O–H groups in total. The van der Waals surface area contributed by atoms with Crippen LogP contribution >= 0.6 is 0 Å². The van der Waals surface area contributed by atoms with E-state index in [0.717, 1.165) is 35.7 Å². The smallest absolute Gasteiger partial charge is 0.262 e. The second kappa shape index (κ2) is 10.0. The Kier molecular flexibility index (Phi) is 7.21. The number of rotatable bonds is 10. The summed E-state index contributed by atoms with van der Waals surface area (Å²) in [6.07, 6.45) is 0. The quantitative estimate of drug-likeness (QED) is 0.521. The summed E-state index contributed by atoms with van der Waals surface area (Å²) in [5.74, 6) is 2.37. The lowest BCUT2D eigenvalue weighted by Gasteiger charge is -2.12. The molecule has 3 aromatic rings. The summed E-state index contributed by atoms with van der Waals surface area (Å²) in [5.41, 5.74) is 1.57. The van der Waals surface area contributed by atoms with E-state index in [1.54, 1.807) is 0 Å². The molecular formula is C22H28N4O3. The molecule has 0 amide bonds. The normalized spacial score (nSPS) is 11.2. The third kappa shape index (κ3) is 5.79. The Morgan fingerprint density at radius 1 is 0.759 bits per heavy atom. The number of hydrogen-bond acceptors (Lipinski definition) is 7. The molecule has 0 saturated carbocycles. The first-order valence-corrected chi connectivity index (χ1v) is 9.62. The van der Waals surface area contributed by atoms with Crippen molar-refractivity contribution in [3.8, 4) is 34.3 Å². The minimum atomic E-state index is 0.420. The van der Waals surface area contributed by atoms with Crippen LogP contribution in [0.15, 0.2) is 53.1 Å². The Morgan fingerprint density at radius 2 is 1.28 bits per heavy atom. The maximum atomic E-state index is 5.92. The Hall–Kier alpha value is -2.90. The molecule has 2 aromatic carbocycles. The number of likely N-dealkylation sites (N-methyl/N-ethyl adjacent to an activating group) is 2. The zero-order valence-electron chi connectivity index (χ0n) is 17.5. The molecule has 0 aliphatic carbocycles. The van der Waals surface area contributed by atoms with Crippen LogP contribution in [-0.2, 0) is 0 Å². The summed E-state index contributed by atoms with van der Waals surface area (Å²) in [6, 6.07) is 15.4. The molecule has 0 atom stereocenters. The predicted octanol–water partition coefficient (Wildman–Crippen LogP) is 3.28. The lowest BCUT2D eigenvalue weighted by atomic mass is 10.2. The van der Waals surface area contributed by atoms with Crippen molar-refractivity contribution in [2.45, 2.75) is 0 Å². The van der Waals surface area contributed by atoms with Crippen LogP contribution < -0.4 is 9.47 Å². The van der Waals surface area contributed by atoms with Gasteiger partial charge in [-0.2, -0.15) is 4.98 Å². The largest absolute Gasteiger partial charge is 0.491 e. The summed E-state index contributed by atoms with van der Waals surface area (Å²) in [4.78, 5) is 8.74. The molecule has 0 unspecified atom stereocenters. The molecule has 29 heavy (non-hydrogen) atoms. The van der Waals surface area contributed by atoms with Gasteiger partial charge in [0.25, 0.3) is 5.89 Å². The minimum Gasteiger partial charge on any atom is -0.491 e. The van der Waals surface area contributed by atoms with Crippen LogP contribution in [0.2, 0.25) is 0 Å². The first-order chi connectivity index (χ1) is 14.0. The van der Waals surface area contributed by atoms with Crippen LogP contribution in [0.3, 0.4) is 0 Å². The van der Waals surface area contributed by atoms with E-state index >= 15 is 0 Å². The number of hydrogen-bond donors (Lipinski definition) is 0. The van der Waals surface area contributed by atoms with Crippen molar-refractivity contribution in [3.05, 3.63) is 48.5 Å². The fourth-order valence-corrected chi connectivity index (χ4v) is 2.67. The molecule has 0 spiro atoms. The molecule has 0 aliphatic rings. The van der Waals surface area contributed by atoms with Gasteiger partial charge in [0.15, 0.2) is 0 Å². The van der Waals surface area contributed by atoms with E-state index < -0.39 is 0 Å². The highest BCUT2D eigenvalue weighted by Gasteiger charge is 2.17. The number of nitrogens with zero attached hydrogens (tertiary/aromatic N) is 4. The van der Waals surface area contributed by atoms with Crippen molar-refractivity contribution in [1.29, 1.82) is 0 Å². The van der Waals surface area contributed by atoms with E-state index in [4.69, 9.17) is 14.0 Å². The van der Waals surface area contributed by atoms with Gasteiger partial charge in [-0.25, -0.2) is 0 Å². The Labute approximate surface area is 171 Å². The third-order valence-corrected chi connectivity index (χ3v) is 4.26. The minimum absolute atomic E-state index is 0.420. The lowest BCUT2D eigenvalue weighted by molar-refractivity contribution is 0.261. The van der Waals surface area contributed by atoms with Gasteiger partial charge in [0, 0.05) is 13.1 Å². The van der Waals surface area contributed by atoms with E-state index in [9.17, 15) is 0 Å². The molecule has 7 heteroatoms. The molecule has 1 heterocycles. The molecule has 154 valence electrons. The molecule has 1 aromatic heterocycles. The van der Waals surface area contributed by atoms with Crippen molar-refractivity contribution in [1.82, 2.24) is 19.9 Å². The van der Waals surface area contributed by atoms with Crippen molar-refractivity contribution in [2.24, 2.45) is 0 Å². The Balaban J connectivity index is 1.80. The zero-order valence-corrected chi connectivity index (χ0v) is 17.5. The number of para-hydroxylation sites is 2. The fraction of sp³-hybridized carbons (Fsp3) is 0.364. The summed E-state index contributed by atoms with van der Waals surface area (Å²) >= 11 is 0. The standard InChI is InChI=1S/C22H28N4O3/c1-25(2)13-15-27-19-11-7-5-9-17(19)21-23-22(29-24-21)18-10-6-8-12-20(18)28-16-14-26(3)4/h5-12H,13-16H2,1-4H3. The van der Waals surface area contributed by atoms with Crippen molar-refractivity contribution < 1.29 is 14.0 Å². The SMILES string of the molecule is CN(C)CCOc1ccccc1-c1noc(-c2ccccc2OCCN(C)C)n1. The maximum absolute atomic E-state index is 5.92. The van der Waals surface area contributed by atoms with Gasteiger partial charge < -0.3 is 23.8 Å². The van der Waals surface area contributed by atoms with Gasteiger partial charge in [0.2, 0.25) is 5.82 Å². The van der Waals surface area contributed by atoms with Crippen molar-refractivity contribution in [3.63, 3.8) is 0 Å². The van der Waals surface area contributed by atoms with E-state index in [1.165, 1.54) is 0 Å². The topological polar surface area (TPSA) is 63.9 Å². The Bertz CT molecular complexity index is 836. The van der Waals surface area contributed by atoms with E-state index in [1.807, 2.05) is 76.7 Å². The van der Waals surface area contributed by atoms with Crippen LogP contribution in [0.1, 0.15) is 0 Å². The number of benzene rings is 2. The maximum Gasteiger partial charge on any atom is 0.262 e. The van der Waals surface area contributed by atoms with Gasteiger partial charge in [-0.1, -0.05) is 29.4 Å². The molecule has 0 saturated heterocycles. The van der Waals surface area contributed by atoms with Crippen molar-refractivity contribution >= 4 is 0 Å². The van der Waals surface area contributed by atoms with Gasteiger partial charge in [-0.3, -0.25) is 0 Å². The highest BCUT2D eigenvalue weighted by Crippen LogP contribution is 2.32. The number of ether oxygens (including phenoxy) is 2. The van der Waals surface area contributed by atoms with Gasteiger partial charge >= 0.3 is 0 Å². The summed E-state index contributed by atoms with van der Waals surface area (Å²) < 4.78 is 17.4. The summed E-state index contributed by atoms with van der Waals surface area (Å²) in [7, 11) is 8.05. The van der Waals surface area contributed by atoms with Gasteiger partial charge in [0.1, 0.15) is 24.7 Å². The highest BCUT2D eigenvalue weighted by molar-refractivity contribution is 5.68. The van der Waals surface area contributed by atoms with E-state index in [-0.39, 0.29) is 0 Å². The first kappa shape index (κ1) is 20.8. The third-order valence-electron chi connectivity index (χ3n) is 4.26. The molecule has 0 bridgehead atoms. The van der Waals surface area contributed by atoms with Gasteiger partial charge in [0.05, 0.1) is 11.1 Å². The van der Waals surface area contributed by atoms with Crippen LogP contribution in [0.25, 0.3) is 22.8 Å². The van der Waals surface area contributed by atoms with Crippen LogP contribution in [-0.4, -0.2) is 74.4 Å². The van der Waals surface area contributed by atoms with Crippen LogP contribution in [0.5, 0.6) is 11.5 Å². The highest BCUT2D eigenvalue weighted by atomic mass is 16.5. The zero-order chi connectivity index (χ0) is 20.6. The molecular weight excluding hydrogens is 368 g/mol. The van der Waals surface area contributed by atoms with Crippen LogP contribution in [0, 0.1) is 0 Å². The second-order valence-electron chi connectivity index (χ2n) is 7.22. The molecule has 7 nitrogen and oxygen atoms in total. The molecule has 0 aliphatic heterocycles. The average molecular weight is 396 g/mol. The first-order valence-electron chi connectivity index (χ1n) is 9.62. The number of aromatic nitrogens is 2. The molecule has 0 radical (unpaired) electrons. The molecule has 3 rings (SSSR count). The van der Waals surface area contributed by atoms with E-state index in [0.29, 0.717) is 24.9 Å². The Morgan fingerprint density at radius 3 is 1.86 bits per heavy atom. The van der Waals surface area contributed by atoms with Gasteiger partial charge in [-0.15, -0.1) is 0 Å². The van der Waals surface area contributed by atoms with E-state index in [2.05, 4.69) is 19.9 Å². The van der Waals surface area contributed by atoms with Gasteiger partial charge in [-0.05, 0) is 52.5 Å². The second-order valence-corrected chi connectivity index (χ2v) is 7.22. The summed E-state index contributed by atoms with van der Waals surface area (Å²) in [5, 5.41) is 4.18. The predicted molar refractivity (Wildman–Crippen MR) is 113 cm³/mol. The summed E-state index contributed by atoms with van der Waals surface area (Å²) in [6.45, 7) is 2.80. The molecule has 0 fully saturated rings. The van der Waals surface area contributed by atoms with Crippen LogP contribution in [0.4, 0.5) is 0 Å². The monoisotopic (exact) mass is 396 g/mol. The van der Waals surface area contributed by atoms with Crippen molar-refractivity contribution in [2.75, 3.05) is 54.5 Å². The lowest BCUT2D eigenvalue weighted by Crippen LogP contribution is -2.19. The average Bonchev–Trinajstić information content (AvgIpc) is 3.18.